The van der Waals surface area contributed by atoms with Crippen LogP contribution in [-0.2, 0) is 16.1 Å². The first kappa shape index (κ1) is 27.4. The Morgan fingerprint density at radius 2 is 1.73 bits per heavy atom. The summed E-state index contributed by atoms with van der Waals surface area (Å²) in [6, 6.07) is 22.7. The van der Waals surface area contributed by atoms with Gasteiger partial charge in [0.25, 0.3) is 5.91 Å². The van der Waals surface area contributed by atoms with Crippen LogP contribution in [0.4, 0.5) is 5.69 Å². The van der Waals surface area contributed by atoms with Gasteiger partial charge in [-0.05, 0) is 41.8 Å². The molecule has 2 fully saturated rings. The highest BCUT2D eigenvalue weighted by Crippen LogP contribution is 2.42. The van der Waals surface area contributed by atoms with Gasteiger partial charge in [-0.2, -0.15) is 0 Å². The molecule has 2 aliphatic rings. The molecule has 0 radical (unpaired) electrons. The number of amides is 1. The topological polar surface area (TPSA) is 117 Å². The number of nitrogens with one attached hydrogen (secondary N) is 1. The minimum Gasteiger partial charge on any atom is -0.392 e. The second-order valence-electron chi connectivity index (χ2n) is 10.8. The molecule has 4 aromatic rings. The van der Waals surface area contributed by atoms with Crippen molar-refractivity contribution >= 4 is 22.6 Å². The van der Waals surface area contributed by atoms with E-state index in [1.807, 2.05) is 72.8 Å². The molecule has 0 spiro atoms. The number of rotatable bonds is 7. The van der Waals surface area contributed by atoms with E-state index in [0.717, 1.165) is 35.2 Å². The number of carbonyl (C=O) groups excluding carboxylic acids is 1. The first-order valence-corrected chi connectivity index (χ1v) is 14.0. The number of nitrogens with zero attached hydrogens (tertiary/aromatic N) is 3. The Morgan fingerprint density at radius 1 is 1.00 bits per heavy atom. The molecule has 6 rings (SSSR count). The highest BCUT2D eigenvalue weighted by molar-refractivity contribution is 6.03. The molecule has 2 saturated heterocycles. The maximum Gasteiger partial charge on any atom is 0.275 e. The summed E-state index contributed by atoms with van der Waals surface area (Å²) in [5, 5.41) is 22.4. The third-order valence-electron chi connectivity index (χ3n) is 7.93. The lowest BCUT2D eigenvalue weighted by Crippen LogP contribution is -2.44. The van der Waals surface area contributed by atoms with Gasteiger partial charge in [0.15, 0.2) is 6.29 Å². The van der Waals surface area contributed by atoms with E-state index in [-0.39, 0.29) is 42.4 Å². The molecule has 5 atom stereocenters. The Morgan fingerprint density at radius 3 is 2.44 bits per heavy atom. The summed E-state index contributed by atoms with van der Waals surface area (Å²) in [7, 11) is 0. The molecule has 0 bridgehead atoms. The van der Waals surface area contributed by atoms with E-state index >= 15 is 0 Å². The van der Waals surface area contributed by atoms with Gasteiger partial charge in [-0.1, -0.05) is 55.5 Å². The minimum absolute atomic E-state index is 0.0106. The first-order chi connectivity index (χ1) is 20.0. The summed E-state index contributed by atoms with van der Waals surface area (Å²) in [5.74, 6) is -0.278. The minimum atomic E-state index is -0.609. The van der Waals surface area contributed by atoms with Crippen molar-refractivity contribution in [3.63, 3.8) is 0 Å². The van der Waals surface area contributed by atoms with E-state index < -0.39 is 6.29 Å². The fraction of sp³-hybridized carbons (Fsp3) is 0.344. The Balaban J connectivity index is 1.19. The normalized spacial score (nSPS) is 24.9. The maximum absolute atomic E-state index is 12.9. The lowest BCUT2D eigenvalue weighted by molar-refractivity contribution is -0.276. The summed E-state index contributed by atoms with van der Waals surface area (Å²) in [5.41, 5.74) is 4.97. The molecule has 3 aromatic carbocycles. The van der Waals surface area contributed by atoms with Gasteiger partial charge in [0.05, 0.1) is 42.1 Å². The maximum atomic E-state index is 12.9. The van der Waals surface area contributed by atoms with Crippen LogP contribution in [0.3, 0.4) is 0 Å². The number of benzene rings is 3. The van der Waals surface area contributed by atoms with Gasteiger partial charge in [0, 0.05) is 36.8 Å². The molecule has 9 nitrogen and oxygen atoms in total. The van der Waals surface area contributed by atoms with Gasteiger partial charge in [-0.25, -0.2) is 4.98 Å². The van der Waals surface area contributed by atoms with Crippen LogP contribution in [0.15, 0.2) is 79.0 Å². The van der Waals surface area contributed by atoms with Crippen LogP contribution >= 0.6 is 0 Å². The van der Waals surface area contributed by atoms with Crippen molar-refractivity contribution in [3.05, 3.63) is 101 Å². The third kappa shape index (κ3) is 6.14. The second kappa shape index (κ2) is 12.0. The zero-order valence-corrected chi connectivity index (χ0v) is 22.9. The number of aliphatic hydroxyl groups is 2. The van der Waals surface area contributed by atoms with Gasteiger partial charge in [0.1, 0.15) is 5.69 Å². The SMILES string of the molecule is C[C@H]1[C@@H](CN2CC[C@H](O)C2)O[C@@H](c2ccc(NC(=O)c3cnc4ccccc4n3)cc2)O[C@H]1c1ccc(CO)cc1. The molecule has 0 saturated carbocycles. The first-order valence-electron chi connectivity index (χ1n) is 14.0. The van der Waals surface area contributed by atoms with Crippen molar-refractivity contribution in [1.82, 2.24) is 14.9 Å². The number of hydrogen-bond acceptors (Lipinski definition) is 8. The Kier molecular flexibility index (Phi) is 8.04. The summed E-state index contributed by atoms with van der Waals surface area (Å²) < 4.78 is 13.1. The zero-order valence-electron chi connectivity index (χ0n) is 22.9. The smallest absolute Gasteiger partial charge is 0.275 e. The van der Waals surface area contributed by atoms with Crippen molar-refractivity contribution in [2.75, 3.05) is 25.0 Å². The fourth-order valence-electron chi connectivity index (χ4n) is 5.55. The molecular weight excluding hydrogens is 520 g/mol. The van der Waals surface area contributed by atoms with Crippen molar-refractivity contribution in [3.8, 4) is 0 Å². The van der Waals surface area contributed by atoms with Crippen LogP contribution in [0.1, 0.15) is 52.9 Å². The number of carbonyl (C=O) groups is 1. The van der Waals surface area contributed by atoms with E-state index in [0.29, 0.717) is 24.3 Å². The standard InChI is InChI=1S/C32H34N4O5/c1-20-29(18-36-15-14-25(38)17-36)40-32(41-30(20)22-8-6-21(19-37)7-9-22)23-10-12-24(13-11-23)34-31(39)28-16-33-26-4-2-3-5-27(26)35-28/h2-13,16,20,25,29-30,32,37-38H,14-15,17-19H2,1H3,(H,34,39)/t20-,25-,29+,30+,32+/m0/s1. The van der Waals surface area contributed by atoms with Crippen LogP contribution in [0.2, 0.25) is 0 Å². The van der Waals surface area contributed by atoms with Crippen molar-refractivity contribution in [2.45, 2.75) is 44.6 Å². The summed E-state index contributed by atoms with van der Waals surface area (Å²) in [6.07, 6.45) is 1.00. The number of aliphatic hydroxyl groups excluding tert-OH is 2. The number of aromatic nitrogens is 2. The molecule has 2 aliphatic heterocycles. The number of β-amino-alcohol motifs (C(OH)–C–C–N with tert-alkyl or cyclic N) is 1. The Bertz CT molecular complexity index is 1500. The average Bonchev–Trinajstić information content (AvgIpc) is 3.42. The molecule has 3 N–H and O–H groups in total. The van der Waals surface area contributed by atoms with Crippen molar-refractivity contribution in [2.24, 2.45) is 5.92 Å². The molecule has 0 aliphatic carbocycles. The number of ether oxygens (including phenoxy) is 2. The third-order valence-corrected chi connectivity index (χ3v) is 7.93. The van der Waals surface area contributed by atoms with Crippen LogP contribution in [0, 0.1) is 5.92 Å². The highest BCUT2D eigenvalue weighted by Gasteiger charge is 2.39. The lowest BCUT2D eigenvalue weighted by Gasteiger charge is -2.42. The molecule has 0 unspecified atom stereocenters. The zero-order chi connectivity index (χ0) is 28.3. The van der Waals surface area contributed by atoms with Crippen molar-refractivity contribution < 1.29 is 24.5 Å². The number of fused-ring (bicyclic) bond motifs is 1. The predicted octanol–water partition coefficient (Wildman–Crippen LogP) is 4.23. The van der Waals surface area contributed by atoms with E-state index in [4.69, 9.17) is 9.47 Å². The van der Waals surface area contributed by atoms with Gasteiger partial charge < -0.3 is 25.0 Å². The molecule has 3 heterocycles. The monoisotopic (exact) mass is 554 g/mol. The summed E-state index contributed by atoms with van der Waals surface area (Å²) in [6.45, 7) is 4.30. The van der Waals surface area contributed by atoms with Crippen LogP contribution < -0.4 is 5.32 Å². The molecule has 1 amide bonds. The quantitative estimate of drug-likeness (QED) is 0.311. The predicted molar refractivity (Wildman–Crippen MR) is 154 cm³/mol. The molecule has 9 heteroatoms. The van der Waals surface area contributed by atoms with E-state index in [9.17, 15) is 15.0 Å². The fourth-order valence-corrected chi connectivity index (χ4v) is 5.55. The number of anilines is 1. The van der Waals surface area contributed by atoms with Gasteiger partial charge in [-0.3, -0.25) is 14.7 Å². The van der Waals surface area contributed by atoms with Gasteiger partial charge in [0.2, 0.25) is 0 Å². The van der Waals surface area contributed by atoms with Crippen LogP contribution in [0.5, 0.6) is 0 Å². The molecule has 1 aromatic heterocycles. The van der Waals surface area contributed by atoms with E-state index in [1.165, 1.54) is 6.20 Å². The molecular formula is C32H34N4O5. The summed E-state index contributed by atoms with van der Waals surface area (Å²) >= 11 is 0. The largest absolute Gasteiger partial charge is 0.392 e. The van der Waals surface area contributed by atoms with E-state index in [1.54, 1.807) is 0 Å². The Labute approximate surface area is 238 Å². The van der Waals surface area contributed by atoms with E-state index in [2.05, 4.69) is 27.1 Å². The Hall–Kier alpha value is -3.73. The number of hydrogen-bond donors (Lipinski definition) is 3. The lowest BCUT2D eigenvalue weighted by atomic mass is 9.90. The van der Waals surface area contributed by atoms with Crippen LogP contribution in [0.25, 0.3) is 11.0 Å². The summed E-state index contributed by atoms with van der Waals surface area (Å²) in [4.78, 5) is 23.9. The second-order valence-corrected chi connectivity index (χ2v) is 10.8. The highest BCUT2D eigenvalue weighted by atomic mass is 16.7. The number of para-hydroxylation sites is 2. The molecule has 41 heavy (non-hydrogen) atoms. The average molecular weight is 555 g/mol. The number of likely N-dealkylation sites (tertiary alicyclic amines) is 1. The molecule has 212 valence electrons. The van der Waals surface area contributed by atoms with Gasteiger partial charge >= 0.3 is 0 Å². The van der Waals surface area contributed by atoms with Gasteiger partial charge in [-0.15, -0.1) is 0 Å². The van der Waals surface area contributed by atoms with Crippen LogP contribution in [-0.4, -0.2) is 62.8 Å². The van der Waals surface area contributed by atoms with Crippen molar-refractivity contribution in [1.29, 1.82) is 0 Å².